The molecule has 2 atom stereocenters. The molecule has 0 amide bonds. The number of H-pyrrole nitrogens is 1. The molecule has 3 aromatic rings. The number of carbonyl (C=O) groups is 1. The van der Waals surface area contributed by atoms with Crippen LogP contribution in [-0.2, 0) is 0 Å². The number of aliphatic hydroxyl groups excluding tert-OH is 1. The molecule has 0 saturated heterocycles. The Labute approximate surface area is 145 Å². The van der Waals surface area contributed by atoms with Crippen LogP contribution in [0.1, 0.15) is 36.0 Å². The molecule has 1 saturated carbocycles. The summed E-state index contributed by atoms with van der Waals surface area (Å²) in [6, 6.07) is 13.3. The van der Waals surface area contributed by atoms with Gasteiger partial charge in [0.1, 0.15) is 18.1 Å². The molecule has 2 N–H and O–H groups in total. The van der Waals surface area contributed by atoms with E-state index in [0.717, 1.165) is 53.5 Å². The summed E-state index contributed by atoms with van der Waals surface area (Å²) >= 11 is 0. The summed E-state index contributed by atoms with van der Waals surface area (Å²) in [5, 5.41) is 18.1. The maximum Gasteiger partial charge on any atom is 0.150 e. The van der Waals surface area contributed by atoms with E-state index >= 15 is 0 Å². The van der Waals surface area contributed by atoms with Gasteiger partial charge in [0, 0.05) is 22.9 Å². The minimum absolute atomic E-state index is 0.0796. The number of hydrogen-bond donors (Lipinski definition) is 2. The molecule has 1 aliphatic rings. The maximum absolute atomic E-state index is 11.0. The van der Waals surface area contributed by atoms with Gasteiger partial charge >= 0.3 is 0 Å². The minimum Gasteiger partial charge on any atom is -0.490 e. The average molecular weight is 336 g/mol. The van der Waals surface area contributed by atoms with Crippen LogP contribution in [0.15, 0.2) is 42.5 Å². The third kappa shape index (κ3) is 3.28. The van der Waals surface area contributed by atoms with Crippen LogP contribution in [0.2, 0.25) is 0 Å². The van der Waals surface area contributed by atoms with E-state index in [-0.39, 0.29) is 12.2 Å². The van der Waals surface area contributed by atoms with E-state index < -0.39 is 0 Å². The van der Waals surface area contributed by atoms with Crippen LogP contribution in [0.4, 0.5) is 0 Å². The molecule has 1 aromatic heterocycles. The fourth-order valence-corrected chi connectivity index (χ4v) is 3.44. The number of hydrogen-bond acceptors (Lipinski definition) is 4. The van der Waals surface area contributed by atoms with Crippen molar-refractivity contribution in [2.45, 2.75) is 37.9 Å². The van der Waals surface area contributed by atoms with E-state index in [1.165, 1.54) is 0 Å². The predicted molar refractivity (Wildman–Crippen MR) is 95.8 cm³/mol. The largest absolute Gasteiger partial charge is 0.490 e. The van der Waals surface area contributed by atoms with E-state index in [2.05, 4.69) is 10.2 Å². The topological polar surface area (TPSA) is 75.2 Å². The summed E-state index contributed by atoms with van der Waals surface area (Å²) < 4.78 is 5.99. The number of aldehydes is 1. The second-order valence-electron chi connectivity index (χ2n) is 6.58. The fraction of sp³-hybridized carbons (Fsp3) is 0.300. The molecule has 4 rings (SSSR count). The van der Waals surface area contributed by atoms with Crippen LogP contribution >= 0.6 is 0 Å². The Hall–Kier alpha value is -2.66. The summed E-state index contributed by atoms with van der Waals surface area (Å²) in [6.07, 6.45) is 4.22. The molecule has 2 aromatic carbocycles. The zero-order chi connectivity index (χ0) is 17.2. The molecule has 0 radical (unpaired) electrons. The number of ether oxygens (including phenoxy) is 1. The lowest BCUT2D eigenvalue weighted by atomic mass is 9.95. The van der Waals surface area contributed by atoms with Gasteiger partial charge in [-0.25, -0.2) is 0 Å². The Morgan fingerprint density at radius 3 is 2.76 bits per heavy atom. The first kappa shape index (κ1) is 15.8. The predicted octanol–water partition coefficient (Wildman–Crippen LogP) is 3.72. The van der Waals surface area contributed by atoms with Gasteiger partial charge in [0.25, 0.3) is 0 Å². The van der Waals surface area contributed by atoms with Crippen molar-refractivity contribution in [3.63, 3.8) is 0 Å². The number of rotatable bonds is 4. The molecule has 1 heterocycles. The van der Waals surface area contributed by atoms with Crippen LogP contribution in [0.5, 0.6) is 5.75 Å². The highest BCUT2D eigenvalue weighted by Crippen LogP contribution is 2.29. The van der Waals surface area contributed by atoms with Crippen molar-refractivity contribution in [2.24, 2.45) is 0 Å². The zero-order valence-electron chi connectivity index (χ0n) is 13.8. The van der Waals surface area contributed by atoms with E-state index in [1.807, 2.05) is 36.4 Å². The lowest BCUT2D eigenvalue weighted by Crippen LogP contribution is -2.28. The molecule has 1 aliphatic carbocycles. The van der Waals surface area contributed by atoms with Crippen molar-refractivity contribution in [1.82, 2.24) is 10.2 Å². The molecule has 0 bridgehead atoms. The van der Waals surface area contributed by atoms with Crippen LogP contribution in [-0.4, -0.2) is 33.8 Å². The fourth-order valence-electron chi connectivity index (χ4n) is 3.44. The lowest BCUT2D eigenvalue weighted by molar-refractivity contribution is 0.0536. The molecule has 1 fully saturated rings. The SMILES string of the molecule is O=Cc1ccc2[nH]nc(-c3ccc(OC4CCCC(O)C4)cc3)c2c1. The minimum atomic E-state index is -0.250. The van der Waals surface area contributed by atoms with E-state index in [4.69, 9.17) is 4.74 Å². The summed E-state index contributed by atoms with van der Waals surface area (Å²) in [5.74, 6) is 0.802. The first-order valence-electron chi connectivity index (χ1n) is 8.61. The van der Waals surface area contributed by atoms with Gasteiger partial charge in [0.05, 0.1) is 17.3 Å². The highest BCUT2D eigenvalue weighted by Gasteiger charge is 2.21. The molecule has 5 nitrogen and oxygen atoms in total. The number of aromatic amines is 1. The Balaban J connectivity index is 1.57. The number of aliphatic hydroxyl groups is 1. The molecule has 0 spiro atoms. The highest BCUT2D eigenvalue weighted by atomic mass is 16.5. The van der Waals surface area contributed by atoms with Crippen molar-refractivity contribution in [1.29, 1.82) is 0 Å². The Morgan fingerprint density at radius 1 is 1.16 bits per heavy atom. The highest BCUT2D eigenvalue weighted by molar-refractivity contribution is 5.96. The summed E-state index contributed by atoms with van der Waals surface area (Å²) in [5.41, 5.74) is 3.31. The quantitative estimate of drug-likeness (QED) is 0.712. The van der Waals surface area contributed by atoms with Gasteiger partial charge in [0.2, 0.25) is 0 Å². The molecule has 128 valence electrons. The second-order valence-corrected chi connectivity index (χ2v) is 6.58. The van der Waals surface area contributed by atoms with Crippen molar-refractivity contribution < 1.29 is 14.6 Å². The molecule has 0 aliphatic heterocycles. The van der Waals surface area contributed by atoms with E-state index in [0.29, 0.717) is 12.0 Å². The monoisotopic (exact) mass is 336 g/mol. The molecular formula is C20H20N2O3. The third-order valence-corrected chi connectivity index (χ3v) is 4.75. The first-order valence-corrected chi connectivity index (χ1v) is 8.61. The molecule has 5 heteroatoms. The molecule has 25 heavy (non-hydrogen) atoms. The molecular weight excluding hydrogens is 316 g/mol. The van der Waals surface area contributed by atoms with Gasteiger partial charge in [-0.3, -0.25) is 9.89 Å². The van der Waals surface area contributed by atoms with Gasteiger partial charge in [0.15, 0.2) is 0 Å². The maximum atomic E-state index is 11.0. The van der Waals surface area contributed by atoms with Crippen molar-refractivity contribution in [3.05, 3.63) is 48.0 Å². The summed E-state index contributed by atoms with van der Waals surface area (Å²) in [6.45, 7) is 0. The molecule has 2 unspecified atom stereocenters. The first-order chi connectivity index (χ1) is 12.2. The third-order valence-electron chi connectivity index (χ3n) is 4.75. The van der Waals surface area contributed by atoms with Crippen LogP contribution in [0.3, 0.4) is 0 Å². The van der Waals surface area contributed by atoms with Gasteiger partial charge in [-0.2, -0.15) is 5.10 Å². The smallest absolute Gasteiger partial charge is 0.150 e. The van der Waals surface area contributed by atoms with Crippen molar-refractivity contribution in [3.8, 4) is 17.0 Å². The number of benzene rings is 2. The number of aromatic nitrogens is 2. The number of nitrogens with zero attached hydrogens (tertiary/aromatic N) is 1. The van der Waals surface area contributed by atoms with Gasteiger partial charge < -0.3 is 9.84 Å². The number of nitrogens with one attached hydrogen (secondary N) is 1. The van der Waals surface area contributed by atoms with Crippen molar-refractivity contribution in [2.75, 3.05) is 0 Å². The Kier molecular flexibility index (Phi) is 4.24. The Bertz CT molecular complexity index is 886. The van der Waals surface area contributed by atoms with E-state index in [1.54, 1.807) is 6.07 Å². The standard InChI is InChI=1S/C20H20N2O3/c23-12-13-4-9-19-18(10-13)20(22-21-19)14-5-7-16(8-6-14)25-17-3-1-2-15(24)11-17/h4-10,12,15,17,24H,1-3,11H2,(H,21,22). The normalized spacial score (nSPS) is 20.5. The number of fused-ring (bicyclic) bond motifs is 1. The van der Waals surface area contributed by atoms with Gasteiger partial charge in [-0.1, -0.05) is 0 Å². The summed E-state index contributed by atoms with van der Waals surface area (Å²) in [7, 11) is 0. The second kappa shape index (κ2) is 6.69. The van der Waals surface area contributed by atoms with Crippen LogP contribution in [0.25, 0.3) is 22.2 Å². The Morgan fingerprint density at radius 2 is 2.00 bits per heavy atom. The van der Waals surface area contributed by atoms with Crippen molar-refractivity contribution >= 4 is 17.2 Å². The van der Waals surface area contributed by atoms with Crippen LogP contribution < -0.4 is 4.74 Å². The lowest BCUT2D eigenvalue weighted by Gasteiger charge is -2.26. The zero-order valence-corrected chi connectivity index (χ0v) is 13.8. The van der Waals surface area contributed by atoms with Crippen LogP contribution in [0, 0.1) is 0 Å². The number of carbonyl (C=O) groups excluding carboxylic acids is 1. The van der Waals surface area contributed by atoms with Gasteiger partial charge in [-0.15, -0.1) is 0 Å². The average Bonchev–Trinajstić information content (AvgIpc) is 3.05. The van der Waals surface area contributed by atoms with E-state index in [9.17, 15) is 9.90 Å². The summed E-state index contributed by atoms with van der Waals surface area (Å²) in [4.78, 5) is 11.0. The van der Waals surface area contributed by atoms with Gasteiger partial charge in [-0.05, 0) is 61.7 Å².